The molecule has 4 aromatic rings. The molecule has 0 radical (unpaired) electrons. The Balaban J connectivity index is 1.33. The quantitative estimate of drug-likeness (QED) is 0.538. The lowest BCUT2D eigenvalue weighted by Gasteiger charge is -2.16. The third-order valence-corrected chi connectivity index (χ3v) is 6.29. The summed E-state index contributed by atoms with van der Waals surface area (Å²) >= 11 is 3.05. The van der Waals surface area contributed by atoms with Gasteiger partial charge in [-0.15, -0.1) is 22.7 Å². The van der Waals surface area contributed by atoms with Crippen LogP contribution in [0.15, 0.2) is 40.5 Å². The maximum atomic E-state index is 12.4. The van der Waals surface area contributed by atoms with Gasteiger partial charge in [0.25, 0.3) is 5.56 Å². The highest BCUT2D eigenvalue weighted by molar-refractivity contribution is 7.18. The number of rotatable bonds is 6. The number of aromatic amines is 1. The van der Waals surface area contributed by atoms with E-state index in [2.05, 4.69) is 21.0 Å². The van der Waals surface area contributed by atoms with Gasteiger partial charge in [-0.25, -0.2) is 9.97 Å². The number of hydrogen-bond donors (Lipinski definition) is 1. The van der Waals surface area contributed by atoms with Gasteiger partial charge in [0.15, 0.2) is 0 Å². The summed E-state index contributed by atoms with van der Waals surface area (Å²) in [5.41, 5.74) is 1.54. The first-order valence-electron chi connectivity index (χ1n) is 8.65. The van der Waals surface area contributed by atoms with Gasteiger partial charge < -0.3 is 9.88 Å². The van der Waals surface area contributed by atoms with Gasteiger partial charge in [-0.05, 0) is 36.4 Å². The minimum absolute atomic E-state index is 0.0316. The van der Waals surface area contributed by atoms with Crippen LogP contribution in [0.1, 0.15) is 23.7 Å². The highest BCUT2D eigenvalue weighted by Crippen LogP contribution is 2.22. The molecule has 3 aromatic heterocycles. The van der Waals surface area contributed by atoms with Crippen molar-refractivity contribution in [1.29, 1.82) is 0 Å². The van der Waals surface area contributed by atoms with Crippen molar-refractivity contribution in [1.82, 2.24) is 19.9 Å². The van der Waals surface area contributed by atoms with Gasteiger partial charge in [-0.3, -0.25) is 9.59 Å². The van der Waals surface area contributed by atoms with Crippen LogP contribution in [-0.4, -0.2) is 32.8 Å². The van der Waals surface area contributed by atoms with Crippen LogP contribution in [-0.2, 0) is 17.8 Å². The molecule has 138 valence electrons. The molecular weight excluding hydrogens is 380 g/mol. The molecular formula is C19H18N4O2S2. The van der Waals surface area contributed by atoms with Gasteiger partial charge >= 0.3 is 0 Å². The maximum Gasteiger partial charge on any atom is 0.268 e. The Morgan fingerprint density at radius 2 is 2.04 bits per heavy atom. The standard InChI is InChI=1S/C19H18N4O2S2/c1-23(11-15-20-13-9-10-26-18(13)19(25)22-15)17(24)8-4-7-16-21-12-5-2-3-6-14(12)27-16/h2-3,5-6,9-10H,4,7-8,11H2,1H3,(H,20,22,25). The Labute approximate surface area is 163 Å². The molecule has 1 amide bonds. The smallest absolute Gasteiger partial charge is 0.268 e. The van der Waals surface area contributed by atoms with Crippen molar-refractivity contribution in [3.63, 3.8) is 0 Å². The molecule has 4 rings (SSSR count). The Bertz CT molecular complexity index is 1130. The van der Waals surface area contributed by atoms with Crippen LogP contribution in [0.25, 0.3) is 20.4 Å². The molecule has 0 saturated heterocycles. The Morgan fingerprint density at radius 3 is 2.89 bits per heavy atom. The van der Waals surface area contributed by atoms with E-state index >= 15 is 0 Å². The average molecular weight is 399 g/mol. The minimum atomic E-state index is -0.151. The van der Waals surface area contributed by atoms with E-state index < -0.39 is 0 Å². The fraction of sp³-hybridized carbons (Fsp3) is 0.263. The monoisotopic (exact) mass is 398 g/mol. The van der Waals surface area contributed by atoms with E-state index in [-0.39, 0.29) is 11.5 Å². The zero-order chi connectivity index (χ0) is 18.8. The summed E-state index contributed by atoms with van der Waals surface area (Å²) in [6, 6.07) is 9.88. The van der Waals surface area contributed by atoms with E-state index in [1.165, 1.54) is 16.0 Å². The number of thiophene rings is 1. The van der Waals surface area contributed by atoms with E-state index in [0.29, 0.717) is 29.0 Å². The SMILES string of the molecule is CN(Cc1nc2ccsc2c(=O)[nH]1)C(=O)CCCc1nc2ccccc2s1. The number of carbonyl (C=O) groups excluding carboxylic acids is 1. The molecule has 1 N–H and O–H groups in total. The zero-order valence-electron chi connectivity index (χ0n) is 14.8. The molecule has 1 aromatic carbocycles. The normalized spacial score (nSPS) is 11.3. The number of hydrogen-bond acceptors (Lipinski definition) is 6. The molecule has 0 fully saturated rings. The molecule has 0 spiro atoms. The van der Waals surface area contributed by atoms with E-state index in [0.717, 1.165) is 23.4 Å². The third-order valence-electron chi connectivity index (χ3n) is 4.30. The topological polar surface area (TPSA) is 79.0 Å². The lowest BCUT2D eigenvalue weighted by Crippen LogP contribution is -2.28. The number of benzene rings is 1. The predicted octanol–water partition coefficient (Wildman–Crippen LogP) is 3.58. The summed E-state index contributed by atoms with van der Waals surface area (Å²) in [5, 5.41) is 2.90. The van der Waals surface area contributed by atoms with Crippen LogP contribution in [0.2, 0.25) is 0 Å². The first-order valence-corrected chi connectivity index (χ1v) is 10.3. The van der Waals surface area contributed by atoms with Gasteiger partial charge in [0, 0.05) is 13.5 Å². The molecule has 0 aliphatic carbocycles. The average Bonchev–Trinajstić information content (AvgIpc) is 3.27. The highest BCUT2D eigenvalue weighted by Gasteiger charge is 2.13. The second-order valence-corrected chi connectivity index (χ2v) is 8.36. The van der Waals surface area contributed by atoms with Crippen molar-refractivity contribution in [2.75, 3.05) is 7.05 Å². The van der Waals surface area contributed by atoms with Gasteiger partial charge in [0.05, 0.1) is 27.3 Å². The second-order valence-electron chi connectivity index (χ2n) is 6.33. The lowest BCUT2D eigenvalue weighted by atomic mass is 10.2. The van der Waals surface area contributed by atoms with Crippen molar-refractivity contribution in [3.8, 4) is 0 Å². The molecule has 0 aliphatic heterocycles. The molecule has 0 aliphatic rings. The maximum absolute atomic E-state index is 12.4. The van der Waals surface area contributed by atoms with Gasteiger partial charge in [0.1, 0.15) is 10.5 Å². The molecule has 0 unspecified atom stereocenters. The number of aryl methyl sites for hydroxylation is 1. The van der Waals surface area contributed by atoms with Crippen LogP contribution in [0.5, 0.6) is 0 Å². The number of thiazole rings is 1. The van der Waals surface area contributed by atoms with Crippen LogP contribution in [0.4, 0.5) is 0 Å². The number of nitrogens with one attached hydrogen (secondary N) is 1. The number of fused-ring (bicyclic) bond motifs is 2. The number of para-hydroxylation sites is 1. The van der Waals surface area contributed by atoms with Gasteiger partial charge in [0.2, 0.25) is 5.91 Å². The van der Waals surface area contributed by atoms with Crippen LogP contribution in [0, 0.1) is 0 Å². The summed E-state index contributed by atoms with van der Waals surface area (Å²) in [6.07, 6.45) is 1.97. The van der Waals surface area contributed by atoms with Crippen LogP contribution in [0.3, 0.4) is 0 Å². The zero-order valence-corrected chi connectivity index (χ0v) is 16.4. The van der Waals surface area contributed by atoms with Crippen LogP contribution >= 0.6 is 22.7 Å². The van der Waals surface area contributed by atoms with E-state index in [1.807, 2.05) is 29.6 Å². The lowest BCUT2D eigenvalue weighted by molar-refractivity contribution is -0.130. The predicted molar refractivity (Wildman–Crippen MR) is 109 cm³/mol. The molecule has 8 heteroatoms. The summed E-state index contributed by atoms with van der Waals surface area (Å²) in [4.78, 5) is 37.8. The van der Waals surface area contributed by atoms with Crippen molar-refractivity contribution in [3.05, 3.63) is 56.9 Å². The molecule has 0 bridgehead atoms. The number of H-pyrrole nitrogens is 1. The van der Waals surface area contributed by atoms with Crippen LogP contribution < -0.4 is 5.56 Å². The van der Waals surface area contributed by atoms with Crippen molar-refractivity contribution in [2.24, 2.45) is 0 Å². The molecule has 6 nitrogen and oxygen atoms in total. The first-order chi connectivity index (χ1) is 13.1. The second kappa shape index (κ2) is 7.58. The van der Waals surface area contributed by atoms with Crippen molar-refractivity contribution >= 4 is 49.0 Å². The summed E-state index contributed by atoms with van der Waals surface area (Å²) in [7, 11) is 1.73. The fourth-order valence-corrected chi connectivity index (χ4v) is 4.65. The Morgan fingerprint density at radius 1 is 1.19 bits per heavy atom. The number of carbonyl (C=O) groups is 1. The van der Waals surface area contributed by atoms with E-state index in [1.54, 1.807) is 23.3 Å². The minimum Gasteiger partial charge on any atom is -0.338 e. The van der Waals surface area contributed by atoms with Crippen molar-refractivity contribution < 1.29 is 4.79 Å². The molecule has 3 heterocycles. The molecule has 0 saturated carbocycles. The largest absolute Gasteiger partial charge is 0.338 e. The molecule has 0 atom stereocenters. The number of amides is 1. The fourth-order valence-electron chi connectivity index (χ4n) is 2.92. The Hall–Kier alpha value is -2.58. The summed E-state index contributed by atoms with van der Waals surface area (Å²) < 4.78 is 1.79. The Kier molecular flexibility index (Phi) is 5.00. The van der Waals surface area contributed by atoms with E-state index in [4.69, 9.17) is 0 Å². The third kappa shape index (κ3) is 3.91. The summed E-state index contributed by atoms with van der Waals surface area (Å²) in [5.74, 6) is 0.539. The summed E-state index contributed by atoms with van der Waals surface area (Å²) in [6.45, 7) is 0.293. The van der Waals surface area contributed by atoms with Gasteiger partial charge in [-0.1, -0.05) is 12.1 Å². The van der Waals surface area contributed by atoms with E-state index in [9.17, 15) is 9.59 Å². The number of nitrogens with zero attached hydrogens (tertiary/aromatic N) is 3. The highest BCUT2D eigenvalue weighted by atomic mass is 32.1. The van der Waals surface area contributed by atoms with Gasteiger partial charge in [-0.2, -0.15) is 0 Å². The number of aromatic nitrogens is 3. The van der Waals surface area contributed by atoms with Crippen molar-refractivity contribution in [2.45, 2.75) is 25.8 Å². The first kappa shape index (κ1) is 17.8. The molecule has 27 heavy (non-hydrogen) atoms.